The molecule has 3 nitrogen and oxygen atoms in total. The van der Waals surface area contributed by atoms with Crippen LogP contribution in [0.15, 0.2) is 29.2 Å². The Labute approximate surface area is 93.6 Å². The molecule has 0 saturated heterocycles. The van der Waals surface area contributed by atoms with Crippen molar-refractivity contribution in [3.8, 4) is 0 Å². The van der Waals surface area contributed by atoms with Crippen molar-refractivity contribution in [1.29, 1.82) is 0 Å². The first-order valence-electron chi connectivity index (χ1n) is 5.00. The van der Waals surface area contributed by atoms with Crippen LogP contribution >= 0.6 is 11.8 Å². The third kappa shape index (κ3) is 2.89. The summed E-state index contributed by atoms with van der Waals surface area (Å²) in [7, 11) is 0. The van der Waals surface area contributed by atoms with E-state index in [1.807, 2.05) is 30.5 Å². The number of carbonyl (C=O) groups excluding carboxylic acids is 1. The largest absolute Gasteiger partial charge is 0.335 e. The lowest BCUT2D eigenvalue weighted by Crippen LogP contribution is -2.30. The summed E-state index contributed by atoms with van der Waals surface area (Å²) in [6, 6.07) is 8.10. The maximum absolute atomic E-state index is 11.5. The molecule has 0 aromatic heterocycles. The molecule has 2 rings (SSSR count). The highest BCUT2D eigenvalue weighted by atomic mass is 32.2. The van der Waals surface area contributed by atoms with Crippen molar-refractivity contribution < 1.29 is 4.79 Å². The highest BCUT2D eigenvalue weighted by Crippen LogP contribution is 2.25. The van der Waals surface area contributed by atoms with Gasteiger partial charge in [0.1, 0.15) is 0 Å². The zero-order valence-electron chi connectivity index (χ0n) is 8.62. The van der Waals surface area contributed by atoms with Gasteiger partial charge in [-0.05, 0) is 31.2 Å². The number of amides is 2. The van der Waals surface area contributed by atoms with Gasteiger partial charge in [0.15, 0.2) is 0 Å². The van der Waals surface area contributed by atoms with Crippen molar-refractivity contribution in [2.75, 3.05) is 11.6 Å². The first-order chi connectivity index (χ1) is 7.29. The average molecular weight is 222 g/mol. The number of nitrogens with one attached hydrogen (secondary N) is 2. The highest BCUT2D eigenvalue weighted by molar-refractivity contribution is 7.98. The van der Waals surface area contributed by atoms with E-state index in [-0.39, 0.29) is 6.03 Å². The van der Waals surface area contributed by atoms with Crippen LogP contribution in [0.3, 0.4) is 0 Å². The Morgan fingerprint density at radius 3 is 2.80 bits per heavy atom. The topological polar surface area (TPSA) is 41.1 Å². The molecule has 80 valence electrons. The van der Waals surface area contributed by atoms with Crippen LogP contribution in [0, 0.1) is 0 Å². The van der Waals surface area contributed by atoms with Gasteiger partial charge in [0.2, 0.25) is 0 Å². The molecule has 0 radical (unpaired) electrons. The lowest BCUT2D eigenvalue weighted by Gasteiger charge is -2.09. The second-order valence-electron chi connectivity index (χ2n) is 3.57. The fraction of sp³-hybridized carbons (Fsp3) is 0.364. The lowest BCUT2D eigenvalue weighted by molar-refractivity contribution is 0.251. The predicted molar refractivity (Wildman–Crippen MR) is 63.4 cm³/mol. The fourth-order valence-electron chi connectivity index (χ4n) is 1.32. The van der Waals surface area contributed by atoms with Crippen molar-refractivity contribution in [3.63, 3.8) is 0 Å². The van der Waals surface area contributed by atoms with E-state index in [2.05, 4.69) is 10.6 Å². The predicted octanol–water partition coefficient (Wildman–Crippen LogP) is 2.69. The standard InChI is InChI=1S/C11H14N2OS/c1-15-10-5-3-2-4-9(10)13-11(14)12-8-6-7-8/h2-5,8H,6-7H2,1H3,(H2,12,13,14). The van der Waals surface area contributed by atoms with E-state index in [0.717, 1.165) is 23.4 Å². The first-order valence-corrected chi connectivity index (χ1v) is 6.22. The summed E-state index contributed by atoms with van der Waals surface area (Å²) in [5.41, 5.74) is 0.878. The molecule has 0 spiro atoms. The van der Waals surface area contributed by atoms with E-state index >= 15 is 0 Å². The summed E-state index contributed by atoms with van der Waals surface area (Å²) < 4.78 is 0. The molecule has 2 N–H and O–H groups in total. The van der Waals surface area contributed by atoms with Crippen molar-refractivity contribution in [2.24, 2.45) is 0 Å². The molecule has 0 heterocycles. The molecule has 1 saturated carbocycles. The summed E-state index contributed by atoms with van der Waals surface area (Å²) in [5.74, 6) is 0. The Bertz CT molecular complexity index is 363. The van der Waals surface area contributed by atoms with Gasteiger partial charge >= 0.3 is 6.03 Å². The van der Waals surface area contributed by atoms with E-state index in [0.29, 0.717) is 6.04 Å². The van der Waals surface area contributed by atoms with Gasteiger partial charge in [-0.2, -0.15) is 0 Å². The fourth-order valence-corrected chi connectivity index (χ4v) is 1.87. The Hall–Kier alpha value is -1.16. The zero-order valence-corrected chi connectivity index (χ0v) is 9.43. The summed E-state index contributed by atoms with van der Waals surface area (Å²) in [4.78, 5) is 12.6. The maximum Gasteiger partial charge on any atom is 0.319 e. The van der Waals surface area contributed by atoms with E-state index in [1.165, 1.54) is 0 Å². The average Bonchev–Trinajstić information content (AvgIpc) is 3.02. The van der Waals surface area contributed by atoms with Crippen LogP contribution in [0.4, 0.5) is 10.5 Å². The third-order valence-electron chi connectivity index (χ3n) is 2.27. The monoisotopic (exact) mass is 222 g/mol. The van der Waals surface area contributed by atoms with Gasteiger partial charge in [0.05, 0.1) is 5.69 Å². The van der Waals surface area contributed by atoms with Crippen LogP contribution in [0.5, 0.6) is 0 Å². The molecule has 4 heteroatoms. The number of thioether (sulfide) groups is 1. The van der Waals surface area contributed by atoms with Crippen LogP contribution < -0.4 is 10.6 Å². The quantitative estimate of drug-likeness (QED) is 0.772. The molecule has 1 fully saturated rings. The van der Waals surface area contributed by atoms with Crippen molar-refractivity contribution in [2.45, 2.75) is 23.8 Å². The second-order valence-corrected chi connectivity index (χ2v) is 4.42. The van der Waals surface area contributed by atoms with Crippen molar-refractivity contribution in [3.05, 3.63) is 24.3 Å². The number of carbonyl (C=O) groups is 1. The molecule has 1 aliphatic rings. The number of urea groups is 1. The molecule has 2 amide bonds. The van der Waals surface area contributed by atoms with E-state index in [4.69, 9.17) is 0 Å². The Kier molecular flexibility index (Phi) is 3.16. The normalized spacial score (nSPS) is 14.7. The van der Waals surface area contributed by atoms with E-state index in [1.54, 1.807) is 11.8 Å². The summed E-state index contributed by atoms with van der Waals surface area (Å²) in [5, 5.41) is 5.76. The van der Waals surface area contributed by atoms with Crippen LogP contribution in [-0.2, 0) is 0 Å². The van der Waals surface area contributed by atoms with Gasteiger partial charge in [0.25, 0.3) is 0 Å². The van der Waals surface area contributed by atoms with Gasteiger partial charge in [0, 0.05) is 10.9 Å². The number of anilines is 1. The second kappa shape index (κ2) is 4.57. The zero-order chi connectivity index (χ0) is 10.7. The molecule has 0 unspecified atom stereocenters. The van der Waals surface area contributed by atoms with Crippen molar-refractivity contribution in [1.82, 2.24) is 5.32 Å². The number of para-hydroxylation sites is 1. The molecular weight excluding hydrogens is 208 g/mol. The third-order valence-corrected chi connectivity index (χ3v) is 3.06. The number of rotatable bonds is 3. The Morgan fingerprint density at radius 2 is 2.13 bits per heavy atom. The van der Waals surface area contributed by atoms with Gasteiger partial charge in [-0.1, -0.05) is 12.1 Å². The lowest BCUT2D eigenvalue weighted by atomic mass is 10.3. The summed E-state index contributed by atoms with van der Waals surface area (Å²) >= 11 is 1.63. The molecule has 0 aliphatic heterocycles. The number of hydrogen-bond donors (Lipinski definition) is 2. The molecule has 1 aromatic carbocycles. The molecule has 15 heavy (non-hydrogen) atoms. The minimum atomic E-state index is -0.0981. The van der Waals surface area contributed by atoms with Gasteiger partial charge in [-0.3, -0.25) is 0 Å². The Balaban J connectivity index is 1.98. The van der Waals surface area contributed by atoms with Crippen molar-refractivity contribution >= 4 is 23.5 Å². The summed E-state index contributed by atoms with van der Waals surface area (Å²) in [6.45, 7) is 0. The molecule has 0 atom stereocenters. The smallest absolute Gasteiger partial charge is 0.319 e. The minimum absolute atomic E-state index is 0.0981. The molecule has 1 aromatic rings. The SMILES string of the molecule is CSc1ccccc1NC(=O)NC1CC1. The van der Waals surface area contributed by atoms with Gasteiger partial charge < -0.3 is 10.6 Å². The van der Waals surface area contributed by atoms with Crippen LogP contribution in [-0.4, -0.2) is 18.3 Å². The van der Waals surface area contributed by atoms with E-state index < -0.39 is 0 Å². The number of hydrogen-bond acceptors (Lipinski definition) is 2. The highest BCUT2D eigenvalue weighted by Gasteiger charge is 2.23. The maximum atomic E-state index is 11.5. The molecule has 1 aliphatic carbocycles. The van der Waals surface area contributed by atoms with Crippen LogP contribution in [0.1, 0.15) is 12.8 Å². The van der Waals surface area contributed by atoms with Crippen LogP contribution in [0.2, 0.25) is 0 Å². The van der Waals surface area contributed by atoms with Gasteiger partial charge in [-0.25, -0.2) is 4.79 Å². The van der Waals surface area contributed by atoms with Crippen LogP contribution in [0.25, 0.3) is 0 Å². The Morgan fingerprint density at radius 1 is 1.40 bits per heavy atom. The molecular formula is C11H14N2OS. The summed E-state index contributed by atoms with van der Waals surface area (Å²) in [6.07, 6.45) is 4.22. The first kappa shape index (κ1) is 10.4. The minimum Gasteiger partial charge on any atom is -0.335 e. The van der Waals surface area contributed by atoms with Gasteiger partial charge in [-0.15, -0.1) is 11.8 Å². The number of benzene rings is 1. The van der Waals surface area contributed by atoms with E-state index in [9.17, 15) is 4.79 Å². The molecule has 0 bridgehead atoms.